The molecular weight excluding hydrogens is 377 g/mol. The zero-order valence-electron chi connectivity index (χ0n) is 14.4. The number of carbonyl (C=O) groups is 1. The minimum absolute atomic E-state index is 0.281. The number of hydrogen-bond donors (Lipinski definition) is 1. The first-order valence-electron chi connectivity index (χ1n) is 8.85. The summed E-state index contributed by atoms with van der Waals surface area (Å²) in [5.74, 6) is -2.16. The van der Waals surface area contributed by atoms with Crippen molar-refractivity contribution in [3.8, 4) is 0 Å². The summed E-state index contributed by atoms with van der Waals surface area (Å²) in [5, 5.41) is 2.85. The molecule has 0 aromatic heterocycles. The van der Waals surface area contributed by atoms with Crippen molar-refractivity contribution in [1.82, 2.24) is 10.2 Å². The van der Waals surface area contributed by atoms with E-state index in [-0.39, 0.29) is 5.92 Å². The number of alkyl halides is 3. The fraction of sp³-hybridized carbons (Fsp3) is 0.350. The first-order valence-corrected chi connectivity index (χ1v) is 9.23. The topological polar surface area (TPSA) is 32.3 Å². The highest BCUT2D eigenvalue weighted by molar-refractivity contribution is 6.31. The summed E-state index contributed by atoms with van der Waals surface area (Å²) >= 11 is 6.17. The summed E-state index contributed by atoms with van der Waals surface area (Å²) in [7, 11) is 0. The molecule has 2 aliphatic heterocycles. The molecular formula is C20H18ClF3N2O. The Bertz CT molecular complexity index is 872. The van der Waals surface area contributed by atoms with Crippen LogP contribution in [-0.4, -0.2) is 23.0 Å². The van der Waals surface area contributed by atoms with E-state index in [0.717, 1.165) is 35.2 Å². The monoisotopic (exact) mass is 394 g/mol. The zero-order chi connectivity index (χ0) is 19.2. The molecule has 0 unspecified atom stereocenters. The molecule has 1 saturated carbocycles. The maximum Gasteiger partial charge on any atom is 0.471 e. The molecule has 0 radical (unpaired) electrons. The highest BCUT2D eigenvalue weighted by atomic mass is 35.5. The Kier molecular flexibility index (Phi) is 4.54. The van der Waals surface area contributed by atoms with Gasteiger partial charge in [-0.2, -0.15) is 13.2 Å². The quantitative estimate of drug-likeness (QED) is 0.747. The minimum Gasteiger partial charge on any atom is -0.345 e. The van der Waals surface area contributed by atoms with Crippen LogP contribution in [0.5, 0.6) is 0 Å². The fourth-order valence-corrected chi connectivity index (χ4v) is 4.46. The second kappa shape index (κ2) is 6.75. The Balaban J connectivity index is 1.81. The van der Waals surface area contributed by atoms with Gasteiger partial charge in [-0.1, -0.05) is 35.9 Å². The van der Waals surface area contributed by atoms with E-state index in [1.54, 1.807) is 6.08 Å². The summed E-state index contributed by atoms with van der Waals surface area (Å²) in [6, 6.07) is 7.15. The smallest absolute Gasteiger partial charge is 0.345 e. The Morgan fingerprint density at radius 1 is 1.22 bits per heavy atom. The summed E-state index contributed by atoms with van der Waals surface area (Å²) in [6.07, 6.45) is 2.69. The number of nitrogens with one attached hydrogen (secondary N) is 1. The van der Waals surface area contributed by atoms with E-state index >= 15 is 0 Å². The van der Waals surface area contributed by atoms with Crippen LogP contribution in [-0.2, 0) is 11.3 Å². The first-order chi connectivity index (χ1) is 12.8. The van der Waals surface area contributed by atoms with Crippen LogP contribution in [0.2, 0.25) is 0 Å². The van der Waals surface area contributed by atoms with Crippen LogP contribution >= 0.6 is 11.6 Å². The first kappa shape index (κ1) is 18.2. The van der Waals surface area contributed by atoms with Gasteiger partial charge < -0.3 is 10.2 Å². The van der Waals surface area contributed by atoms with Crippen molar-refractivity contribution in [3.05, 3.63) is 70.0 Å². The van der Waals surface area contributed by atoms with Crippen LogP contribution in [0, 0.1) is 0 Å². The average molecular weight is 395 g/mol. The van der Waals surface area contributed by atoms with Crippen LogP contribution in [0.4, 0.5) is 13.2 Å². The van der Waals surface area contributed by atoms with E-state index in [2.05, 4.69) is 5.32 Å². The molecule has 27 heavy (non-hydrogen) atoms. The van der Waals surface area contributed by atoms with Crippen molar-refractivity contribution in [2.45, 2.75) is 43.9 Å². The van der Waals surface area contributed by atoms with Crippen molar-refractivity contribution >= 4 is 17.5 Å². The Morgan fingerprint density at radius 3 is 2.78 bits per heavy atom. The van der Waals surface area contributed by atoms with Gasteiger partial charge in [-0.05, 0) is 48.1 Å². The summed E-state index contributed by atoms with van der Waals surface area (Å²) in [6.45, 7) is 0.589. The molecule has 142 valence electrons. The number of carbonyl (C=O) groups excluding carboxylic acids is 1. The molecule has 3 nitrogen and oxygen atoms in total. The van der Waals surface area contributed by atoms with Gasteiger partial charge in [0.2, 0.25) is 0 Å². The molecule has 1 fully saturated rings. The molecule has 2 atom stereocenters. The van der Waals surface area contributed by atoms with Gasteiger partial charge in [-0.15, -0.1) is 0 Å². The van der Waals surface area contributed by atoms with Crippen LogP contribution in [0.1, 0.15) is 36.3 Å². The Morgan fingerprint density at radius 2 is 2.00 bits per heavy atom. The van der Waals surface area contributed by atoms with Gasteiger partial charge in [0.25, 0.3) is 0 Å². The maximum atomic E-state index is 12.9. The Labute approximate surface area is 160 Å². The van der Waals surface area contributed by atoms with E-state index in [4.69, 9.17) is 11.6 Å². The number of benzene rings is 1. The standard InChI is InChI=1S/C20H18ClF3N2O/c21-13-8-9-17-15-6-3-7-16(25-19(27)20(22,23)24)18(15)14-5-2-1-4-12(14)10-26(17)11-13/h1-2,4-5,8-9,11,16,18H,3,6-7,10H2,(H,25,27)/t16-,18+/m0/s1. The van der Waals surface area contributed by atoms with Crippen LogP contribution < -0.4 is 5.32 Å². The van der Waals surface area contributed by atoms with Crippen LogP contribution in [0.3, 0.4) is 0 Å². The number of nitrogens with zero attached hydrogens (tertiary/aromatic N) is 1. The molecule has 1 N–H and O–H groups in total. The molecule has 1 aromatic carbocycles. The van der Waals surface area contributed by atoms with Crippen molar-refractivity contribution in [2.75, 3.05) is 0 Å². The molecule has 0 saturated heterocycles. The normalized spacial score (nSPS) is 24.4. The van der Waals surface area contributed by atoms with Gasteiger partial charge in [0.15, 0.2) is 0 Å². The van der Waals surface area contributed by atoms with Gasteiger partial charge >= 0.3 is 12.1 Å². The number of hydrogen-bond acceptors (Lipinski definition) is 2. The molecule has 7 heteroatoms. The minimum atomic E-state index is -4.89. The SMILES string of the molecule is O=C(N[C@H]1CCCC2=C3C=CC(Cl)=CN3Cc3ccccc3[C@H]21)C(F)(F)F. The third-order valence-electron chi connectivity index (χ3n) is 5.36. The number of amides is 1. The van der Waals surface area contributed by atoms with Gasteiger partial charge in [0.05, 0.1) is 5.03 Å². The van der Waals surface area contributed by atoms with E-state index in [9.17, 15) is 18.0 Å². The van der Waals surface area contributed by atoms with Crippen LogP contribution in [0.25, 0.3) is 0 Å². The van der Waals surface area contributed by atoms with Gasteiger partial charge in [-0.25, -0.2) is 0 Å². The van der Waals surface area contributed by atoms with E-state index in [0.29, 0.717) is 18.0 Å². The second-order valence-electron chi connectivity index (χ2n) is 7.03. The van der Waals surface area contributed by atoms with Crippen molar-refractivity contribution in [3.63, 3.8) is 0 Å². The summed E-state index contributed by atoms with van der Waals surface area (Å²) < 4.78 is 38.6. The maximum absolute atomic E-state index is 12.9. The predicted molar refractivity (Wildman–Crippen MR) is 96.7 cm³/mol. The largest absolute Gasteiger partial charge is 0.471 e. The lowest BCUT2D eigenvalue weighted by Gasteiger charge is -2.36. The molecule has 3 aliphatic rings. The zero-order valence-corrected chi connectivity index (χ0v) is 15.1. The number of fused-ring (bicyclic) bond motifs is 4. The second-order valence-corrected chi connectivity index (χ2v) is 7.47. The molecule has 2 heterocycles. The molecule has 0 spiro atoms. The fourth-order valence-electron chi connectivity index (χ4n) is 4.28. The van der Waals surface area contributed by atoms with E-state index < -0.39 is 18.1 Å². The van der Waals surface area contributed by atoms with Crippen molar-refractivity contribution in [2.24, 2.45) is 0 Å². The summed E-state index contributed by atoms with van der Waals surface area (Å²) in [4.78, 5) is 13.7. The van der Waals surface area contributed by atoms with Gasteiger partial charge in [0, 0.05) is 30.4 Å². The van der Waals surface area contributed by atoms with E-state index in [1.807, 2.05) is 41.4 Å². The third kappa shape index (κ3) is 3.38. The number of rotatable bonds is 1. The lowest BCUT2D eigenvalue weighted by atomic mass is 9.74. The highest BCUT2D eigenvalue weighted by Gasteiger charge is 2.43. The third-order valence-corrected chi connectivity index (χ3v) is 5.59. The molecule has 1 aliphatic carbocycles. The Hall–Kier alpha value is -2.21. The summed E-state index contributed by atoms with van der Waals surface area (Å²) in [5.41, 5.74) is 4.01. The number of halogens is 4. The van der Waals surface area contributed by atoms with Crippen LogP contribution in [0.15, 0.2) is 58.9 Å². The average Bonchev–Trinajstić information content (AvgIpc) is 2.75. The van der Waals surface area contributed by atoms with Crippen molar-refractivity contribution in [1.29, 1.82) is 0 Å². The molecule has 4 rings (SSSR count). The number of allylic oxidation sites excluding steroid dienone is 3. The molecule has 1 aromatic rings. The lowest BCUT2D eigenvalue weighted by Crippen LogP contribution is -2.47. The van der Waals surface area contributed by atoms with Gasteiger partial charge in [0.1, 0.15) is 0 Å². The predicted octanol–water partition coefficient (Wildman–Crippen LogP) is 4.72. The molecule has 0 bridgehead atoms. The molecule has 1 amide bonds. The van der Waals surface area contributed by atoms with Crippen molar-refractivity contribution < 1.29 is 18.0 Å². The highest BCUT2D eigenvalue weighted by Crippen LogP contribution is 2.45. The van der Waals surface area contributed by atoms with Gasteiger partial charge in [-0.3, -0.25) is 4.79 Å². The van der Waals surface area contributed by atoms with E-state index in [1.165, 1.54) is 0 Å². The lowest BCUT2D eigenvalue weighted by molar-refractivity contribution is -0.174.